The molecule has 4 nitrogen and oxygen atoms in total. The van der Waals surface area contributed by atoms with Crippen LogP contribution in [0, 0.1) is 23.7 Å². The monoisotopic (exact) mass is 328 g/mol. The molecule has 2 aliphatic heterocycles. The molecular formula is C20H28N2O2. The second-order valence-electron chi connectivity index (χ2n) is 8.59. The number of rotatable bonds is 3. The molecule has 2 aliphatic carbocycles. The third kappa shape index (κ3) is 2.59. The van der Waals surface area contributed by atoms with Crippen LogP contribution in [-0.2, 0) is 4.79 Å². The van der Waals surface area contributed by atoms with Crippen LogP contribution in [0.15, 0.2) is 16.5 Å². The van der Waals surface area contributed by atoms with E-state index < -0.39 is 0 Å². The Kier molecular flexibility index (Phi) is 3.51. The number of nitrogens with one attached hydrogen (secondary N) is 1. The molecule has 6 atom stereocenters. The second kappa shape index (κ2) is 5.62. The van der Waals surface area contributed by atoms with E-state index in [1.165, 1.54) is 19.3 Å². The zero-order valence-electron chi connectivity index (χ0n) is 14.5. The lowest BCUT2D eigenvalue weighted by Gasteiger charge is -2.21. The van der Waals surface area contributed by atoms with Crippen molar-refractivity contribution in [3.63, 3.8) is 0 Å². The van der Waals surface area contributed by atoms with Gasteiger partial charge in [-0.2, -0.15) is 0 Å². The van der Waals surface area contributed by atoms with Crippen LogP contribution in [-0.4, -0.2) is 37.0 Å². The topological polar surface area (TPSA) is 45.5 Å². The van der Waals surface area contributed by atoms with Crippen molar-refractivity contribution in [1.82, 2.24) is 10.2 Å². The molecular weight excluding hydrogens is 300 g/mol. The van der Waals surface area contributed by atoms with Gasteiger partial charge >= 0.3 is 0 Å². The Morgan fingerprint density at radius 1 is 1.08 bits per heavy atom. The van der Waals surface area contributed by atoms with Crippen molar-refractivity contribution >= 4 is 5.91 Å². The maximum absolute atomic E-state index is 12.9. The highest BCUT2D eigenvalue weighted by molar-refractivity contribution is 5.82. The number of carbonyl (C=O) groups excluding carboxylic acids is 1. The van der Waals surface area contributed by atoms with Gasteiger partial charge in [0.25, 0.3) is 0 Å². The summed E-state index contributed by atoms with van der Waals surface area (Å²) in [5, 5.41) is 3.50. The van der Waals surface area contributed by atoms with Crippen LogP contribution >= 0.6 is 0 Å². The summed E-state index contributed by atoms with van der Waals surface area (Å²) in [6.07, 6.45) is 4.58. The minimum atomic E-state index is 0.177. The Morgan fingerprint density at radius 3 is 2.33 bits per heavy atom. The van der Waals surface area contributed by atoms with Crippen molar-refractivity contribution in [3.05, 3.63) is 23.7 Å². The quantitative estimate of drug-likeness (QED) is 0.928. The van der Waals surface area contributed by atoms with Crippen molar-refractivity contribution in [2.45, 2.75) is 44.4 Å². The van der Waals surface area contributed by atoms with Gasteiger partial charge in [0.15, 0.2) is 0 Å². The fourth-order valence-electron chi connectivity index (χ4n) is 4.94. The first kappa shape index (κ1) is 15.0. The highest BCUT2D eigenvalue weighted by Gasteiger charge is 2.48. The van der Waals surface area contributed by atoms with Crippen molar-refractivity contribution in [3.8, 4) is 0 Å². The fraction of sp³-hybridized carbons (Fsp3) is 0.750. The maximum atomic E-state index is 12.9. The number of nitrogens with zero attached hydrogens (tertiary/aromatic N) is 1. The molecule has 0 aromatic carbocycles. The minimum Gasteiger partial charge on any atom is -0.465 e. The Labute approximate surface area is 144 Å². The van der Waals surface area contributed by atoms with Crippen LogP contribution in [0.5, 0.6) is 0 Å². The van der Waals surface area contributed by atoms with Crippen LogP contribution < -0.4 is 5.32 Å². The predicted octanol–water partition coefficient (Wildman–Crippen LogP) is 2.96. The van der Waals surface area contributed by atoms with E-state index in [1.54, 1.807) is 0 Å². The zero-order chi connectivity index (χ0) is 16.3. The van der Waals surface area contributed by atoms with E-state index in [9.17, 15) is 4.79 Å². The van der Waals surface area contributed by atoms with E-state index >= 15 is 0 Å². The van der Waals surface area contributed by atoms with Crippen molar-refractivity contribution in [2.24, 2.45) is 23.7 Å². The Bertz CT molecular complexity index is 625. The summed E-state index contributed by atoms with van der Waals surface area (Å²) >= 11 is 0. The van der Waals surface area contributed by atoms with Crippen molar-refractivity contribution in [1.29, 1.82) is 0 Å². The standard InChI is InChI=1S/C20H28N2O2/c1-12-8-15(12)18-2-3-19(24-18)16-9-17(16)20(23)22-6-4-13-10-21-11-14(13)5-7-22/h2-3,12-17,21H,4-11H2,1H3/t12?,13-,14+,15?,16?,17?. The lowest BCUT2D eigenvalue weighted by molar-refractivity contribution is -0.132. The van der Waals surface area contributed by atoms with Gasteiger partial charge in [0.2, 0.25) is 5.91 Å². The lowest BCUT2D eigenvalue weighted by atomic mass is 9.92. The first-order chi connectivity index (χ1) is 11.7. The lowest BCUT2D eigenvalue weighted by Crippen LogP contribution is -2.34. The average Bonchev–Trinajstić information content (AvgIpc) is 3.45. The molecule has 130 valence electrons. The molecule has 0 bridgehead atoms. The van der Waals surface area contributed by atoms with E-state index in [4.69, 9.17) is 4.42 Å². The summed E-state index contributed by atoms with van der Waals surface area (Å²) in [4.78, 5) is 15.0. The summed E-state index contributed by atoms with van der Waals surface area (Å²) in [7, 11) is 0. The molecule has 1 amide bonds. The molecule has 4 fully saturated rings. The van der Waals surface area contributed by atoms with Crippen LogP contribution in [0.4, 0.5) is 0 Å². The molecule has 2 saturated carbocycles. The molecule has 4 unspecified atom stereocenters. The number of furan rings is 1. The SMILES string of the molecule is CC1CC1c1ccc(C2CC2C(=O)N2CC[C@@H]3CNC[C@@H]3CC2)o1. The van der Waals surface area contributed by atoms with Gasteiger partial charge in [-0.15, -0.1) is 0 Å². The summed E-state index contributed by atoms with van der Waals surface area (Å²) in [6.45, 7) is 6.48. The first-order valence-corrected chi connectivity index (χ1v) is 9.80. The van der Waals surface area contributed by atoms with E-state index in [0.29, 0.717) is 17.7 Å². The number of hydrogen-bond donors (Lipinski definition) is 1. The third-order valence-electron chi connectivity index (χ3n) is 6.93. The third-order valence-corrected chi connectivity index (χ3v) is 6.93. The summed E-state index contributed by atoms with van der Waals surface area (Å²) in [5.41, 5.74) is 0. The maximum Gasteiger partial charge on any atom is 0.226 e. The van der Waals surface area contributed by atoms with Crippen molar-refractivity contribution < 1.29 is 9.21 Å². The second-order valence-corrected chi connectivity index (χ2v) is 8.59. The molecule has 0 spiro atoms. The van der Waals surface area contributed by atoms with Gasteiger partial charge in [-0.05, 0) is 68.7 Å². The summed E-state index contributed by atoms with van der Waals surface area (Å²) < 4.78 is 6.08. The highest BCUT2D eigenvalue weighted by atomic mass is 16.3. The van der Waals surface area contributed by atoms with Gasteiger partial charge in [-0.1, -0.05) is 6.92 Å². The van der Waals surface area contributed by atoms with Gasteiger partial charge < -0.3 is 14.6 Å². The van der Waals surface area contributed by atoms with Gasteiger partial charge in [0.05, 0.1) is 0 Å². The molecule has 4 aliphatic rings. The van der Waals surface area contributed by atoms with Gasteiger partial charge in [0, 0.05) is 30.8 Å². The van der Waals surface area contributed by atoms with E-state index in [0.717, 1.165) is 61.9 Å². The fourth-order valence-corrected chi connectivity index (χ4v) is 4.94. The molecule has 24 heavy (non-hydrogen) atoms. The Balaban J connectivity index is 1.20. The first-order valence-electron chi connectivity index (χ1n) is 9.80. The molecule has 1 aromatic heterocycles. The zero-order valence-corrected chi connectivity index (χ0v) is 14.5. The number of amides is 1. The molecule has 0 radical (unpaired) electrons. The molecule has 2 saturated heterocycles. The largest absolute Gasteiger partial charge is 0.465 e. The van der Waals surface area contributed by atoms with Gasteiger partial charge in [-0.25, -0.2) is 0 Å². The van der Waals surface area contributed by atoms with Gasteiger partial charge in [-0.3, -0.25) is 4.79 Å². The highest BCUT2D eigenvalue weighted by Crippen LogP contribution is 2.52. The Morgan fingerprint density at radius 2 is 1.71 bits per heavy atom. The number of hydrogen-bond acceptors (Lipinski definition) is 3. The molecule has 1 aromatic rings. The van der Waals surface area contributed by atoms with E-state index in [-0.39, 0.29) is 5.92 Å². The van der Waals surface area contributed by atoms with Crippen molar-refractivity contribution in [2.75, 3.05) is 26.2 Å². The van der Waals surface area contributed by atoms with E-state index in [2.05, 4.69) is 29.3 Å². The molecule has 3 heterocycles. The number of likely N-dealkylation sites (tertiary alicyclic amines) is 1. The van der Waals surface area contributed by atoms with Gasteiger partial charge in [0.1, 0.15) is 11.5 Å². The predicted molar refractivity (Wildman–Crippen MR) is 91.7 cm³/mol. The molecule has 1 N–H and O–H groups in total. The van der Waals surface area contributed by atoms with E-state index in [1.807, 2.05) is 0 Å². The summed E-state index contributed by atoms with van der Waals surface area (Å²) in [6, 6.07) is 4.26. The number of carbonyl (C=O) groups is 1. The average molecular weight is 328 g/mol. The van der Waals surface area contributed by atoms with Crippen LogP contribution in [0.25, 0.3) is 0 Å². The van der Waals surface area contributed by atoms with Crippen LogP contribution in [0.1, 0.15) is 56.0 Å². The normalized spacial score (nSPS) is 41.0. The molecule has 4 heteroatoms. The van der Waals surface area contributed by atoms with Crippen LogP contribution in [0.3, 0.4) is 0 Å². The van der Waals surface area contributed by atoms with Crippen LogP contribution in [0.2, 0.25) is 0 Å². The summed E-state index contributed by atoms with van der Waals surface area (Å²) in [5.74, 6) is 6.06. The Hall–Kier alpha value is -1.29. The number of fused-ring (bicyclic) bond motifs is 1. The smallest absolute Gasteiger partial charge is 0.226 e. The minimum absolute atomic E-state index is 0.177. The molecule has 5 rings (SSSR count).